The fourth-order valence-electron chi connectivity index (χ4n) is 3.90. The number of hydrogen-bond acceptors (Lipinski definition) is 3. The maximum Gasteiger partial charge on any atom is 0.261 e. The maximum atomic E-state index is 12.6. The number of aryl methyl sites for hydroxylation is 1. The third-order valence-electron chi connectivity index (χ3n) is 5.58. The minimum atomic E-state index is -3.60. The van der Waals surface area contributed by atoms with Crippen molar-refractivity contribution in [3.8, 4) is 0 Å². The van der Waals surface area contributed by atoms with Gasteiger partial charge in [-0.2, -0.15) is 0 Å². The van der Waals surface area contributed by atoms with Crippen molar-refractivity contribution in [3.63, 3.8) is 0 Å². The molecule has 0 saturated heterocycles. The van der Waals surface area contributed by atoms with E-state index in [1.807, 2.05) is 12.1 Å². The fourth-order valence-corrected chi connectivity index (χ4v) is 4.97. The number of nitrogens with one attached hydrogen (secondary N) is 1. The summed E-state index contributed by atoms with van der Waals surface area (Å²) in [4.78, 5) is 0.257. The van der Waals surface area contributed by atoms with Crippen LogP contribution in [0.5, 0.6) is 0 Å². The van der Waals surface area contributed by atoms with Crippen LogP contribution in [0.25, 0.3) is 11.0 Å². The number of anilines is 1. The van der Waals surface area contributed by atoms with Gasteiger partial charge in [-0.05, 0) is 54.5 Å². The summed E-state index contributed by atoms with van der Waals surface area (Å²) >= 11 is 0. The number of hydrogen-bond donors (Lipinski definition) is 1. The maximum absolute atomic E-state index is 12.6. The molecule has 4 nitrogen and oxygen atoms in total. The lowest BCUT2D eigenvalue weighted by Gasteiger charge is -2.33. The topological polar surface area (TPSA) is 59.3 Å². The molecule has 0 radical (unpaired) electrons. The molecule has 0 bridgehead atoms. The van der Waals surface area contributed by atoms with E-state index in [-0.39, 0.29) is 10.3 Å². The molecule has 1 aliphatic rings. The molecule has 1 heterocycles. The first-order valence-electron chi connectivity index (χ1n) is 9.36. The highest BCUT2D eigenvalue weighted by Crippen LogP contribution is 2.41. The summed E-state index contributed by atoms with van der Waals surface area (Å²) in [6, 6.07) is 14.0. The molecule has 4 rings (SSSR count). The molecule has 2 aromatic carbocycles. The number of sulfonamides is 1. The number of rotatable bonds is 3. The first-order valence-corrected chi connectivity index (χ1v) is 10.8. The van der Waals surface area contributed by atoms with Crippen molar-refractivity contribution in [2.75, 3.05) is 4.72 Å². The van der Waals surface area contributed by atoms with Crippen molar-refractivity contribution in [3.05, 3.63) is 59.9 Å². The predicted molar refractivity (Wildman–Crippen MR) is 108 cm³/mol. The lowest BCUT2D eigenvalue weighted by Crippen LogP contribution is -2.26. The molecule has 3 aromatic rings. The number of fused-ring (bicyclic) bond motifs is 3. The lowest BCUT2D eigenvalue weighted by atomic mass is 9.71. The van der Waals surface area contributed by atoms with Gasteiger partial charge in [0, 0.05) is 23.1 Å². The van der Waals surface area contributed by atoms with E-state index in [1.54, 1.807) is 36.4 Å². The summed E-state index contributed by atoms with van der Waals surface area (Å²) in [5.74, 6) is 1.64. The van der Waals surface area contributed by atoms with Crippen LogP contribution in [0, 0.1) is 11.3 Å². The van der Waals surface area contributed by atoms with E-state index < -0.39 is 10.0 Å². The normalized spacial score (nSPS) is 17.7. The zero-order valence-corrected chi connectivity index (χ0v) is 16.8. The van der Waals surface area contributed by atoms with Crippen LogP contribution in [-0.4, -0.2) is 8.42 Å². The summed E-state index contributed by atoms with van der Waals surface area (Å²) in [7, 11) is -3.60. The van der Waals surface area contributed by atoms with Crippen LogP contribution in [-0.2, 0) is 22.9 Å². The van der Waals surface area contributed by atoms with E-state index in [1.165, 1.54) is 5.56 Å². The van der Waals surface area contributed by atoms with Crippen LogP contribution in [0.4, 0.5) is 5.69 Å². The molecule has 27 heavy (non-hydrogen) atoms. The Bertz CT molecular complexity index is 1080. The predicted octanol–water partition coefficient (Wildman–Crippen LogP) is 5.38. The summed E-state index contributed by atoms with van der Waals surface area (Å²) in [5.41, 5.74) is 2.87. The summed E-state index contributed by atoms with van der Waals surface area (Å²) < 4.78 is 34.0. The Morgan fingerprint density at radius 1 is 1.07 bits per heavy atom. The minimum Gasteiger partial charge on any atom is -0.461 e. The van der Waals surface area contributed by atoms with E-state index in [0.29, 0.717) is 11.6 Å². The summed E-state index contributed by atoms with van der Waals surface area (Å²) in [5, 5.41) is 1.02. The second-order valence-electron chi connectivity index (χ2n) is 8.44. The summed E-state index contributed by atoms with van der Waals surface area (Å²) in [6.45, 7) is 6.85. The quantitative estimate of drug-likeness (QED) is 0.660. The SMILES string of the molecule is CC(C)(C)C1CCc2oc3ccc(NS(=O)(=O)c4ccccc4)cc3c2C1. The van der Waals surface area contributed by atoms with Gasteiger partial charge < -0.3 is 4.42 Å². The molecule has 1 aromatic heterocycles. The fraction of sp³-hybridized carbons (Fsp3) is 0.364. The Kier molecular flexibility index (Phi) is 4.30. The van der Waals surface area contributed by atoms with Gasteiger partial charge in [0.25, 0.3) is 10.0 Å². The van der Waals surface area contributed by atoms with E-state index in [9.17, 15) is 8.42 Å². The van der Waals surface area contributed by atoms with Crippen LogP contribution >= 0.6 is 0 Å². The number of furan rings is 1. The first kappa shape index (κ1) is 18.1. The molecule has 142 valence electrons. The first-order chi connectivity index (χ1) is 12.7. The van der Waals surface area contributed by atoms with Gasteiger partial charge in [-0.1, -0.05) is 39.0 Å². The van der Waals surface area contributed by atoms with Gasteiger partial charge in [-0.25, -0.2) is 8.42 Å². The van der Waals surface area contributed by atoms with Crippen LogP contribution in [0.3, 0.4) is 0 Å². The molecule has 5 heteroatoms. The van der Waals surface area contributed by atoms with Crippen molar-refractivity contribution in [2.45, 2.75) is 44.9 Å². The largest absolute Gasteiger partial charge is 0.461 e. The van der Waals surface area contributed by atoms with Gasteiger partial charge in [0.1, 0.15) is 11.3 Å². The zero-order valence-electron chi connectivity index (χ0n) is 16.0. The molecule has 1 unspecified atom stereocenters. The molecular formula is C22H25NO3S. The van der Waals surface area contributed by atoms with E-state index in [0.717, 1.165) is 36.0 Å². The van der Waals surface area contributed by atoms with Crippen LogP contribution in [0.15, 0.2) is 57.8 Å². The zero-order chi connectivity index (χ0) is 19.2. The van der Waals surface area contributed by atoms with Gasteiger partial charge in [0.2, 0.25) is 0 Å². The molecule has 0 spiro atoms. The Labute approximate surface area is 160 Å². The Morgan fingerprint density at radius 2 is 1.81 bits per heavy atom. The standard InChI is InChI=1S/C22H25NO3S/c1-22(2,3)15-9-11-20-18(13-15)19-14-16(10-12-21(19)26-20)23-27(24,25)17-7-5-4-6-8-17/h4-8,10,12,14-15,23H,9,11,13H2,1-3H3. The Hall–Kier alpha value is -2.27. The average molecular weight is 384 g/mol. The van der Waals surface area contributed by atoms with Gasteiger partial charge in [0.15, 0.2) is 0 Å². The third-order valence-corrected chi connectivity index (χ3v) is 6.97. The minimum absolute atomic E-state index is 0.244. The van der Waals surface area contributed by atoms with Crippen molar-refractivity contribution in [2.24, 2.45) is 11.3 Å². The highest BCUT2D eigenvalue weighted by molar-refractivity contribution is 7.92. The molecule has 0 saturated carbocycles. The average Bonchev–Trinajstić information content (AvgIpc) is 2.99. The molecule has 1 aliphatic carbocycles. The molecule has 1 N–H and O–H groups in total. The Balaban J connectivity index is 1.69. The molecule has 0 aliphatic heterocycles. The van der Waals surface area contributed by atoms with Crippen molar-refractivity contribution < 1.29 is 12.8 Å². The molecule has 0 fully saturated rings. The van der Waals surface area contributed by atoms with Gasteiger partial charge in [-0.3, -0.25) is 4.72 Å². The Morgan fingerprint density at radius 3 is 2.52 bits per heavy atom. The van der Waals surface area contributed by atoms with Crippen LogP contribution in [0.2, 0.25) is 0 Å². The van der Waals surface area contributed by atoms with Gasteiger partial charge in [0.05, 0.1) is 4.90 Å². The van der Waals surface area contributed by atoms with Gasteiger partial charge >= 0.3 is 0 Å². The second kappa shape index (κ2) is 6.41. The highest BCUT2D eigenvalue weighted by atomic mass is 32.2. The smallest absolute Gasteiger partial charge is 0.261 e. The molecular weight excluding hydrogens is 358 g/mol. The van der Waals surface area contributed by atoms with Gasteiger partial charge in [-0.15, -0.1) is 0 Å². The van der Waals surface area contributed by atoms with Crippen molar-refractivity contribution in [1.29, 1.82) is 0 Å². The van der Waals surface area contributed by atoms with E-state index in [4.69, 9.17) is 4.42 Å². The van der Waals surface area contributed by atoms with E-state index in [2.05, 4.69) is 25.5 Å². The highest BCUT2D eigenvalue weighted by Gasteiger charge is 2.31. The monoisotopic (exact) mass is 383 g/mol. The third kappa shape index (κ3) is 3.48. The lowest BCUT2D eigenvalue weighted by molar-refractivity contribution is 0.210. The van der Waals surface area contributed by atoms with Crippen molar-refractivity contribution in [1.82, 2.24) is 0 Å². The van der Waals surface area contributed by atoms with Crippen LogP contribution < -0.4 is 4.72 Å². The summed E-state index contributed by atoms with van der Waals surface area (Å²) in [6.07, 6.45) is 3.04. The molecule has 1 atom stereocenters. The second-order valence-corrected chi connectivity index (χ2v) is 10.1. The van der Waals surface area contributed by atoms with Crippen LogP contribution in [0.1, 0.15) is 38.5 Å². The van der Waals surface area contributed by atoms with Crippen molar-refractivity contribution >= 4 is 26.7 Å². The number of benzene rings is 2. The van der Waals surface area contributed by atoms with E-state index >= 15 is 0 Å². The molecule has 0 amide bonds.